The molecule has 3 rings (SSSR count). The summed E-state index contributed by atoms with van der Waals surface area (Å²) in [6.45, 7) is 8.73. The number of hydrogen-bond donors (Lipinski definition) is 1. The van der Waals surface area contributed by atoms with Crippen molar-refractivity contribution in [3.05, 3.63) is 17.8 Å². The second kappa shape index (κ2) is 5.13. The number of rotatable bonds is 1. The molecular formula is C16H25N3O2. The van der Waals surface area contributed by atoms with E-state index in [1.807, 2.05) is 25.7 Å². The second-order valence-electron chi connectivity index (χ2n) is 7.32. The Balaban J connectivity index is 1.84. The molecule has 21 heavy (non-hydrogen) atoms. The van der Waals surface area contributed by atoms with E-state index >= 15 is 0 Å². The number of amides is 1. The molecule has 2 heterocycles. The Bertz CT molecular complexity index is 526. The molecule has 0 atom stereocenters. The van der Waals surface area contributed by atoms with E-state index in [1.54, 1.807) is 0 Å². The van der Waals surface area contributed by atoms with Crippen LogP contribution in [0.5, 0.6) is 0 Å². The summed E-state index contributed by atoms with van der Waals surface area (Å²) in [5, 5.41) is 3.40. The average molecular weight is 291 g/mol. The number of nitrogens with one attached hydrogen (secondary N) is 1. The summed E-state index contributed by atoms with van der Waals surface area (Å²) in [7, 11) is 0. The van der Waals surface area contributed by atoms with Gasteiger partial charge in [-0.1, -0.05) is 20.8 Å². The van der Waals surface area contributed by atoms with Crippen molar-refractivity contribution in [1.82, 2.24) is 15.2 Å². The van der Waals surface area contributed by atoms with Crippen LogP contribution >= 0.6 is 0 Å². The number of nitrogens with zero attached hydrogens (tertiary/aromatic N) is 2. The van der Waals surface area contributed by atoms with Crippen LogP contribution in [-0.2, 0) is 5.41 Å². The van der Waals surface area contributed by atoms with Crippen LogP contribution in [0.15, 0.2) is 10.7 Å². The minimum absolute atomic E-state index is 0.0256. The number of carbonyl (C=O) groups is 1. The molecule has 0 radical (unpaired) electrons. The molecule has 1 aromatic heterocycles. The quantitative estimate of drug-likeness (QED) is 0.863. The van der Waals surface area contributed by atoms with Gasteiger partial charge in [-0.25, -0.2) is 4.98 Å². The van der Waals surface area contributed by atoms with Crippen molar-refractivity contribution in [2.24, 2.45) is 0 Å². The van der Waals surface area contributed by atoms with Gasteiger partial charge in [0.1, 0.15) is 6.26 Å². The minimum Gasteiger partial charge on any atom is -0.448 e. The lowest BCUT2D eigenvalue weighted by Crippen LogP contribution is -2.56. The molecule has 1 aliphatic carbocycles. The van der Waals surface area contributed by atoms with Gasteiger partial charge in [0.2, 0.25) is 0 Å². The Morgan fingerprint density at radius 2 is 2.10 bits per heavy atom. The molecule has 1 aliphatic heterocycles. The summed E-state index contributed by atoms with van der Waals surface area (Å²) in [4.78, 5) is 19.4. The van der Waals surface area contributed by atoms with Crippen molar-refractivity contribution in [3.63, 3.8) is 0 Å². The fourth-order valence-corrected chi connectivity index (χ4v) is 3.29. The SMILES string of the molecule is CC(C)(C)c1nc(C(=O)N2CCNCCC23CCC3)co1. The zero-order valence-electron chi connectivity index (χ0n) is 13.2. The summed E-state index contributed by atoms with van der Waals surface area (Å²) in [5.74, 6) is 0.652. The number of carbonyl (C=O) groups excluding carboxylic acids is 1. The van der Waals surface area contributed by atoms with Crippen LogP contribution in [0, 0.1) is 0 Å². The van der Waals surface area contributed by atoms with Gasteiger partial charge in [0.25, 0.3) is 5.91 Å². The number of aromatic nitrogens is 1. The van der Waals surface area contributed by atoms with Gasteiger partial charge in [0.05, 0.1) is 0 Å². The molecule has 0 unspecified atom stereocenters. The van der Waals surface area contributed by atoms with E-state index in [4.69, 9.17) is 4.42 Å². The average Bonchev–Trinajstić information content (AvgIpc) is 2.76. The molecule has 2 fully saturated rings. The first-order chi connectivity index (χ1) is 9.92. The standard InChI is InChI=1S/C16H25N3O2/c1-15(2,3)14-18-12(11-21-14)13(20)19-10-9-17-8-7-16(19)5-4-6-16/h11,17H,4-10H2,1-3H3. The van der Waals surface area contributed by atoms with E-state index in [9.17, 15) is 4.79 Å². The van der Waals surface area contributed by atoms with E-state index in [0.717, 1.165) is 38.9 Å². The lowest BCUT2D eigenvalue weighted by atomic mass is 9.73. The Morgan fingerprint density at radius 1 is 1.33 bits per heavy atom. The van der Waals surface area contributed by atoms with Crippen LogP contribution in [0.25, 0.3) is 0 Å². The molecule has 1 spiro atoms. The summed E-state index contributed by atoms with van der Waals surface area (Å²) < 4.78 is 5.52. The molecule has 5 nitrogen and oxygen atoms in total. The highest BCUT2D eigenvalue weighted by Gasteiger charge is 2.45. The highest BCUT2D eigenvalue weighted by molar-refractivity contribution is 5.92. The number of hydrogen-bond acceptors (Lipinski definition) is 4. The summed E-state index contributed by atoms with van der Waals surface area (Å²) in [6, 6.07) is 0. The van der Waals surface area contributed by atoms with E-state index in [2.05, 4.69) is 10.3 Å². The van der Waals surface area contributed by atoms with Crippen LogP contribution < -0.4 is 5.32 Å². The topological polar surface area (TPSA) is 58.4 Å². The van der Waals surface area contributed by atoms with Crippen LogP contribution in [-0.4, -0.2) is 41.0 Å². The van der Waals surface area contributed by atoms with Crippen molar-refractivity contribution < 1.29 is 9.21 Å². The van der Waals surface area contributed by atoms with Crippen molar-refractivity contribution in [3.8, 4) is 0 Å². The van der Waals surface area contributed by atoms with Gasteiger partial charge in [-0.05, 0) is 32.2 Å². The van der Waals surface area contributed by atoms with Gasteiger partial charge < -0.3 is 14.6 Å². The third-order valence-corrected chi connectivity index (χ3v) is 4.75. The van der Waals surface area contributed by atoms with Crippen molar-refractivity contribution in [2.75, 3.05) is 19.6 Å². The number of oxazole rings is 1. The maximum atomic E-state index is 12.9. The minimum atomic E-state index is -0.174. The molecule has 1 saturated heterocycles. The Kier molecular flexibility index (Phi) is 3.56. The van der Waals surface area contributed by atoms with Crippen LogP contribution in [0.2, 0.25) is 0 Å². The Labute approximate surface area is 126 Å². The van der Waals surface area contributed by atoms with Crippen LogP contribution in [0.1, 0.15) is 62.8 Å². The normalized spacial score (nSPS) is 22.0. The molecule has 116 valence electrons. The highest BCUT2D eigenvalue weighted by Crippen LogP contribution is 2.41. The third-order valence-electron chi connectivity index (χ3n) is 4.75. The van der Waals surface area contributed by atoms with E-state index in [1.165, 1.54) is 12.7 Å². The fourth-order valence-electron chi connectivity index (χ4n) is 3.29. The molecular weight excluding hydrogens is 266 g/mol. The van der Waals surface area contributed by atoms with Crippen LogP contribution in [0.3, 0.4) is 0 Å². The van der Waals surface area contributed by atoms with Crippen molar-refractivity contribution >= 4 is 5.91 Å². The zero-order chi connectivity index (χ0) is 15.1. The maximum absolute atomic E-state index is 12.9. The molecule has 0 aromatic carbocycles. The first-order valence-electron chi connectivity index (χ1n) is 7.91. The molecule has 1 N–H and O–H groups in total. The molecule has 1 amide bonds. The largest absolute Gasteiger partial charge is 0.448 e. The molecule has 5 heteroatoms. The zero-order valence-corrected chi connectivity index (χ0v) is 13.2. The highest BCUT2D eigenvalue weighted by atomic mass is 16.3. The van der Waals surface area contributed by atoms with Gasteiger partial charge in [0.15, 0.2) is 11.6 Å². The van der Waals surface area contributed by atoms with Crippen LogP contribution in [0.4, 0.5) is 0 Å². The molecule has 1 aromatic rings. The summed E-state index contributed by atoms with van der Waals surface area (Å²) in [6.07, 6.45) is 6.01. The predicted octanol–water partition coefficient (Wildman–Crippen LogP) is 2.33. The molecule has 1 saturated carbocycles. The molecule has 0 bridgehead atoms. The lowest BCUT2D eigenvalue weighted by molar-refractivity contribution is 0.0177. The second-order valence-corrected chi connectivity index (χ2v) is 7.32. The monoisotopic (exact) mass is 291 g/mol. The van der Waals surface area contributed by atoms with E-state index in [0.29, 0.717) is 11.6 Å². The Morgan fingerprint density at radius 3 is 2.67 bits per heavy atom. The van der Waals surface area contributed by atoms with E-state index < -0.39 is 0 Å². The van der Waals surface area contributed by atoms with Gasteiger partial charge in [-0.2, -0.15) is 0 Å². The first-order valence-corrected chi connectivity index (χ1v) is 7.91. The fraction of sp³-hybridized carbons (Fsp3) is 0.750. The van der Waals surface area contributed by atoms with E-state index in [-0.39, 0.29) is 16.9 Å². The molecule has 2 aliphatic rings. The lowest BCUT2D eigenvalue weighted by Gasteiger charge is -2.49. The Hall–Kier alpha value is -1.36. The summed E-state index contributed by atoms with van der Waals surface area (Å²) >= 11 is 0. The van der Waals surface area contributed by atoms with Crippen molar-refractivity contribution in [2.45, 2.75) is 57.4 Å². The third kappa shape index (κ3) is 2.59. The van der Waals surface area contributed by atoms with Gasteiger partial charge in [-0.15, -0.1) is 0 Å². The predicted molar refractivity (Wildman–Crippen MR) is 80.3 cm³/mol. The van der Waals surface area contributed by atoms with Gasteiger partial charge in [-0.3, -0.25) is 4.79 Å². The van der Waals surface area contributed by atoms with Gasteiger partial charge in [0, 0.05) is 24.0 Å². The van der Waals surface area contributed by atoms with Crippen molar-refractivity contribution in [1.29, 1.82) is 0 Å². The smallest absolute Gasteiger partial charge is 0.276 e. The maximum Gasteiger partial charge on any atom is 0.276 e. The summed E-state index contributed by atoms with van der Waals surface area (Å²) in [5.41, 5.74) is 0.335. The van der Waals surface area contributed by atoms with Gasteiger partial charge >= 0.3 is 0 Å². The first kappa shape index (κ1) is 14.6.